The van der Waals surface area contributed by atoms with Crippen LogP contribution in [0.4, 0.5) is 26.2 Å². The third kappa shape index (κ3) is 5.06. The first kappa shape index (κ1) is 24.2. The minimum Gasteiger partial charge on any atom is -0.382 e. The Labute approximate surface area is 213 Å². The number of anilines is 3. The zero-order valence-electron chi connectivity index (χ0n) is 20.0. The van der Waals surface area contributed by atoms with Gasteiger partial charge in [-0.1, -0.05) is 36.4 Å². The van der Waals surface area contributed by atoms with Crippen molar-refractivity contribution in [1.82, 2.24) is 14.9 Å². The van der Waals surface area contributed by atoms with Crippen molar-refractivity contribution < 1.29 is 8.78 Å². The predicted octanol–water partition coefficient (Wildman–Crippen LogP) is 4.37. The molecule has 0 amide bonds. The average Bonchev–Trinajstić information content (AvgIpc) is 2.91. The van der Waals surface area contributed by atoms with Crippen LogP contribution in [0, 0.1) is 23.0 Å². The highest BCUT2D eigenvalue weighted by atomic mass is 19.1. The zero-order valence-corrected chi connectivity index (χ0v) is 20.0. The number of hydrogen-bond donors (Lipinski definition) is 2. The number of nitriles is 1. The lowest BCUT2D eigenvalue weighted by atomic mass is 9.96. The maximum atomic E-state index is 13.6. The molecule has 0 radical (unpaired) electrons. The Morgan fingerprint density at radius 3 is 1.81 bits per heavy atom. The van der Waals surface area contributed by atoms with E-state index in [0.29, 0.717) is 5.69 Å². The van der Waals surface area contributed by atoms with Crippen molar-refractivity contribution >= 4 is 17.5 Å². The zero-order chi connectivity index (χ0) is 25.9. The average molecular weight is 498 g/mol. The Balaban J connectivity index is 1.34. The van der Waals surface area contributed by atoms with E-state index in [1.54, 1.807) is 24.3 Å². The van der Waals surface area contributed by atoms with E-state index in [-0.39, 0.29) is 35.0 Å². The standard InChI is InChI=1S/C28H25F2N7/c29-21-7-1-19(2-8-21)26(20-3-9-22(30)10-4-20)37-15-13-36(14-16-37)23-11-5-18(6-12-23)25-24(17-31)27(32)35-28(33)34-25/h1-12,26H,13-16H2,(H4,32,33,34,35). The van der Waals surface area contributed by atoms with Gasteiger partial charge in [0.1, 0.15) is 29.1 Å². The molecular weight excluding hydrogens is 472 g/mol. The number of nitrogen functional groups attached to an aromatic ring is 2. The molecule has 9 heteroatoms. The number of nitrogens with zero attached hydrogens (tertiary/aromatic N) is 5. The third-order valence-corrected chi connectivity index (χ3v) is 6.62. The SMILES string of the molecule is N#Cc1c(N)nc(N)nc1-c1ccc(N2CCN(C(c3ccc(F)cc3)c3ccc(F)cc3)CC2)cc1. The summed E-state index contributed by atoms with van der Waals surface area (Å²) in [6.45, 7) is 3.07. The van der Waals surface area contributed by atoms with E-state index in [1.165, 1.54) is 24.3 Å². The number of aromatic nitrogens is 2. The van der Waals surface area contributed by atoms with Gasteiger partial charge < -0.3 is 16.4 Å². The van der Waals surface area contributed by atoms with Crippen molar-refractivity contribution in [2.75, 3.05) is 42.5 Å². The predicted molar refractivity (Wildman–Crippen MR) is 139 cm³/mol. The molecular formula is C28H25F2N7. The van der Waals surface area contributed by atoms with Gasteiger partial charge in [-0.15, -0.1) is 0 Å². The van der Waals surface area contributed by atoms with Crippen LogP contribution in [-0.2, 0) is 0 Å². The van der Waals surface area contributed by atoms with E-state index in [4.69, 9.17) is 11.5 Å². The highest BCUT2D eigenvalue weighted by molar-refractivity contribution is 5.74. The van der Waals surface area contributed by atoms with E-state index < -0.39 is 0 Å². The smallest absolute Gasteiger partial charge is 0.222 e. The van der Waals surface area contributed by atoms with Crippen LogP contribution in [0.15, 0.2) is 72.8 Å². The molecule has 2 heterocycles. The van der Waals surface area contributed by atoms with Gasteiger partial charge in [-0.05, 0) is 47.5 Å². The number of piperazine rings is 1. The summed E-state index contributed by atoms with van der Waals surface area (Å²) >= 11 is 0. The summed E-state index contributed by atoms with van der Waals surface area (Å²) in [6.07, 6.45) is 0. The molecule has 0 unspecified atom stereocenters. The van der Waals surface area contributed by atoms with Crippen LogP contribution < -0.4 is 16.4 Å². The lowest BCUT2D eigenvalue weighted by molar-refractivity contribution is 0.212. The van der Waals surface area contributed by atoms with Gasteiger partial charge in [-0.3, -0.25) is 4.90 Å². The minimum atomic E-state index is -0.288. The molecule has 1 aromatic heterocycles. The van der Waals surface area contributed by atoms with Crippen molar-refractivity contribution in [3.63, 3.8) is 0 Å². The van der Waals surface area contributed by atoms with Crippen LogP contribution in [0.25, 0.3) is 11.3 Å². The summed E-state index contributed by atoms with van der Waals surface area (Å²) < 4.78 is 27.2. The van der Waals surface area contributed by atoms with Crippen LogP contribution in [0.2, 0.25) is 0 Å². The molecule has 4 aromatic rings. The van der Waals surface area contributed by atoms with Crippen molar-refractivity contribution in [3.05, 3.63) is 101 Å². The number of hydrogen-bond acceptors (Lipinski definition) is 7. The largest absolute Gasteiger partial charge is 0.382 e. The topological polar surface area (TPSA) is 108 Å². The molecule has 3 aromatic carbocycles. The minimum absolute atomic E-state index is 0.0172. The molecule has 1 fully saturated rings. The highest BCUT2D eigenvalue weighted by Crippen LogP contribution is 2.32. The maximum Gasteiger partial charge on any atom is 0.222 e. The molecule has 1 saturated heterocycles. The van der Waals surface area contributed by atoms with Crippen LogP contribution in [0.3, 0.4) is 0 Å². The quantitative estimate of drug-likeness (QED) is 0.422. The molecule has 1 aliphatic rings. The summed E-state index contributed by atoms with van der Waals surface area (Å²) in [5.41, 5.74) is 15.9. The molecule has 0 spiro atoms. The van der Waals surface area contributed by atoms with Crippen molar-refractivity contribution in [3.8, 4) is 17.3 Å². The molecule has 4 N–H and O–H groups in total. The van der Waals surface area contributed by atoms with Crippen molar-refractivity contribution in [1.29, 1.82) is 5.26 Å². The van der Waals surface area contributed by atoms with E-state index in [2.05, 4.69) is 25.8 Å². The second kappa shape index (κ2) is 10.2. The molecule has 0 saturated carbocycles. The summed E-state index contributed by atoms with van der Waals surface area (Å²) in [6, 6.07) is 22.7. The summed E-state index contributed by atoms with van der Waals surface area (Å²) in [7, 11) is 0. The van der Waals surface area contributed by atoms with Gasteiger partial charge in [-0.2, -0.15) is 10.2 Å². The van der Waals surface area contributed by atoms with Crippen LogP contribution in [-0.4, -0.2) is 41.0 Å². The molecule has 0 aliphatic carbocycles. The molecule has 37 heavy (non-hydrogen) atoms. The summed E-state index contributed by atoms with van der Waals surface area (Å²) in [5, 5.41) is 9.47. The van der Waals surface area contributed by atoms with Gasteiger partial charge in [-0.25, -0.2) is 13.8 Å². The van der Waals surface area contributed by atoms with E-state index >= 15 is 0 Å². The van der Waals surface area contributed by atoms with Gasteiger partial charge in [0.15, 0.2) is 0 Å². The number of halogens is 2. The molecule has 186 valence electrons. The van der Waals surface area contributed by atoms with Crippen molar-refractivity contribution in [2.24, 2.45) is 0 Å². The Morgan fingerprint density at radius 2 is 1.30 bits per heavy atom. The Kier molecular flexibility index (Phi) is 6.66. The maximum absolute atomic E-state index is 13.6. The lowest BCUT2D eigenvalue weighted by Crippen LogP contribution is -2.48. The molecule has 7 nitrogen and oxygen atoms in total. The fourth-order valence-corrected chi connectivity index (χ4v) is 4.79. The lowest BCUT2D eigenvalue weighted by Gasteiger charge is -2.40. The van der Waals surface area contributed by atoms with Gasteiger partial charge in [0.25, 0.3) is 0 Å². The van der Waals surface area contributed by atoms with Crippen molar-refractivity contribution in [2.45, 2.75) is 6.04 Å². The normalized spacial score (nSPS) is 14.1. The van der Waals surface area contributed by atoms with Gasteiger partial charge in [0, 0.05) is 37.4 Å². The second-order valence-electron chi connectivity index (χ2n) is 8.88. The van der Waals surface area contributed by atoms with E-state index in [1.807, 2.05) is 24.3 Å². The monoisotopic (exact) mass is 497 g/mol. The number of nitrogens with two attached hydrogens (primary N) is 2. The van der Waals surface area contributed by atoms with Gasteiger partial charge >= 0.3 is 0 Å². The Hall–Kier alpha value is -4.55. The first-order chi connectivity index (χ1) is 17.9. The van der Waals surface area contributed by atoms with Gasteiger partial charge in [0.2, 0.25) is 5.95 Å². The Bertz CT molecular complexity index is 1380. The van der Waals surface area contributed by atoms with E-state index in [9.17, 15) is 14.0 Å². The second-order valence-corrected chi connectivity index (χ2v) is 8.88. The van der Waals surface area contributed by atoms with E-state index in [0.717, 1.165) is 48.6 Å². The molecule has 0 atom stereocenters. The summed E-state index contributed by atoms with van der Waals surface area (Å²) in [4.78, 5) is 12.7. The molecule has 1 aliphatic heterocycles. The fourth-order valence-electron chi connectivity index (χ4n) is 4.79. The van der Waals surface area contributed by atoms with Crippen LogP contribution in [0.1, 0.15) is 22.7 Å². The fraction of sp³-hybridized carbons (Fsp3) is 0.179. The number of benzene rings is 3. The highest BCUT2D eigenvalue weighted by Gasteiger charge is 2.27. The molecule has 5 rings (SSSR count). The first-order valence-electron chi connectivity index (χ1n) is 11.9. The van der Waals surface area contributed by atoms with Gasteiger partial charge in [0.05, 0.1) is 11.7 Å². The third-order valence-electron chi connectivity index (χ3n) is 6.62. The Morgan fingerprint density at radius 1 is 0.757 bits per heavy atom. The summed E-state index contributed by atoms with van der Waals surface area (Å²) in [5.74, 6) is -0.501. The number of rotatable bonds is 5. The molecule has 0 bridgehead atoms. The van der Waals surface area contributed by atoms with Crippen LogP contribution in [0.5, 0.6) is 0 Å². The first-order valence-corrected chi connectivity index (χ1v) is 11.9. The van der Waals surface area contributed by atoms with Crippen LogP contribution >= 0.6 is 0 Å².